The van der Waals surface area contributed by atoms with E-state index in [2.05, 4.69) is 31.2 Å². The lowest BCUT2D eigenvalue weighted by molar-refractivity contribution is 0.471. The topological polar surface area (TPSA) is 76.4 Å². The summed E-state index contributed by atoms with van der Waals surface area (Å²) in [6.45, 7) is 0. The Morgan fingerprint density at radius 3 is 2.86 bits per heavy atom. The fourth-order valence-electron chi connectivity index (χ4n) is 2.92. The van der Waals surface area contributed by atoms with Crippen molar-refractivity contribution in [1.82, 2.24) is 14.9 Å². The van der Waals surface area contributed by atoms with Gasteiger partial charge in [-0.1, -0.05) is 0 Å². The van der Waals surface area contributed by atoms with E-state index in [0.29, 0.717) is 10.0 Å². The van der Waals surface area contributed by atoms with Crippen LogP contribution in [0.4, 0.5) is 0 Å². The molecule has 0 amide bonds. The minimum atomic E-state index is 0.165. The highest BCUT2D eigenvalue weighted by molar-refractivity contribution is 9.10. The zero-order valence-corrected chi connectivity index (χ0v) is 13.2. The Labute approximate surface area is 134 Å². The molecule has 6 nitrogen and oxygen atoms in total. The number of halogens is 1. The summed E-state index contributed by atoms with van der Waals surface area (Å²) < 4.78 is 8.05. The summed E-state index contributed by atoms with van der Waals surface area (Å²) in [7, 11) is 0. The van der Waals surface area contributed by atoms with Crippen molar-refractivity contribution in [2.45, 2.75) is 25.7 Å². The first-order valence-electron chi connectivity index (χ1n) is 7.08. The summed E-state index contributed by atoms with van der Waals surface area (Å²) >= 11 is 3.38. The molecule has 1 aliphatic carbocycles. The maximum Gasteiger partial charge on any atom is 0.141 e. The molecule has 4 rings (SSSR count). The van der Waals surface area contributed by atoms with Gasteiger partial charge in [0.05, 0.1) is 10.7 Å². The van der Waals surface area contributed by atoms with Gasteiger partial charge in [0.1, 0.15) is 29.7 Å². The molecular formula is C15H13BrN4O2. The molecule has 0 fully saturated rings. The molecule has 0 aliphatic heterocycles. The van der Waals surface area contributed by atoms with Crippen LogP contribution in [0.1, 0.15) is 29.7 Å². The molecule has 1 aliphatic rings. The average Bonchev–Trinajstić information content (AvgIpc) is 3.15. The number of phenolic OH excluding ortho intramolecular Hbond substituents is 1. The number of hydrogen-bond donors (Lipinski definition) is 1. The fraction of sp³-hybridized carbons (Fsp3) is 0.267. The summed E-state index contributed by atoms with van der Waals surface area (Å²) in [5.74, 6) is 1.19. The first kappa shape index (κ1) is 13.5. The van der Waals surface area contributed by atoms with Crippen molar-refractivity contribution in [1.29, 1.82) is 0 Å². The predicted octanol–water partition coefficient (Wildman–Crippen LogP) is 3.25. The molecule has 0 saturated carbocycles. The molecule has 0 radical (unpaired) electrons. The Kier molecular flexibility index (Phi) is 3.22. The van der Waals surface area contributed by atoms with E-state index in [9.17, 15) is 5.11 Å². The second kappa shape index (κ2) is 5.24. The van der Waals surface area contributed by atoms with E-state index in [1.807, 2.05) is 6.07 Å². The lowest BCUT2D eigenvalue weighted by atomic mass is 9.94. The van der Waals surface area contributed by atoms with Gasteiger partial charge in [-0.05, 0) is 41.3 Å². The number of rotatable bonds is 2. The molecule has 0 atom stereocenters. The van der Waals surface area contributed by atoms with Crippen LogP contribution in [-0.4, -0.2) is 26.2 Å². The van der Waals surface area contributed by atoms with Crippen LogP contribution in [0.25, 0.3) is 11.0 Å². The quantitative estimate of drug-likeness (QED) is 0.711. The minimum Gasteiger partial charge on any atom is -0.506 e. The number of nitrogens with zero attached hydrogens (tertiary/aromatic N) is 4. The molecule has 1 aromatic carbocycles. The number of benzene rings is 1. The zero-order valence-electron chi connectivity index (χ0n) is 11.7. The van der Waals surface area contributed by atoms with Crippen LogP contribution >= 0.6 is 15.9 Å². The van der Waals surface area contributed by atoms with Gasteiger partial charge in [0.2, 0.25) is 0 Å². The summed E-state index contributed by atoms with van der Waals surface area (Å²) in [5, 5.41) is 23.0. The van der Waals surface area contributed by atoms with Gasteiger partial charge in [0, 0.05) is 22.9 Å². The van der Waals surface area contributed by atoms with E-state index < -0.39 is 0 Å². The molecule has 1 N–H and O–H groups in total. The molecule has 0 bridgehead atoms. The van der Waals surface area contributed by atoms with Crippen LogP contribution in [0.3, 0.4) is 0 Å². The summed E-state index contributed by atoms with van der Waals surface area (Å²) in [5.41, 5.74) is 2.63. The molecule has 0 spiro atoms. The summed E-state index contributed by atoms with van der Waals surface area (Å²) in [4.78, 5) is 0. The normalized spacial score (nSPS) is 14.8. The smallest absolute Gasteiger partial charge is 0.141 e. The third kappa shape index (κ3) is 2.12. The van der Waals surface area contributed by atoms with Crippen molar-refractivity contribution in [3.05, 3.63) is 40.1 Å². The van der Waals surface area contributed by atoms with Crippen molar-refractivity contribution < 1.29 is 9.52 Å². The van der Waals surface area contributed by atoms with Gasteiger partial charge in [-0.15, -0.1) is 10.2 Å². The molecule has 22 heavy (non-hydrogen) atoms. The fourth-order valence-corrected chi connectivity index (χ4v) is 3.34. The Morgan fingerprint density at radius 2 is 2.05 bits per heavy atom. The van der Waals surface area contributed by atoms with Gasteiger partial charge < -0.3 is 9.52 Å². The van der Waals surface area contributed by atoms with Crippen LogP contribution < -0.4 is 0 Å². The maximum atomic E-state index is 10.4. The van der Waals surface area contributed by atoms with Gasteiger partial charge in [0.15, 0.2) is 0 Å². The molecule has 2 aromatic heterocycles. The Balaban J connectivity index is 1.94. The molecule has 7 heteroatoms. The SMILES string of the molecule is Oc1c(Br)cc2oc3c(c2c1C=Nn1cnnc1)CCCC3. The van der Waals surface area contributed by atoms with Crippen molar-refractivity contribution in [3.63, 3.8) is 0 Å². The van der Waals surface area contributed by atoms with Crippen LogP contribution in [-0.2, 0) is 12.8 Å². The largest absolute Gasteiger partial charge is 0.506 e. The van der Waals surface area contributed by atoms with Gasteiger partial charge in [-0.25, -0.2) is 4.68 Å². The molecule has 0 unspecified atom stereocenters. The van der Waals surface area contributed by atoms with E-state index in [4.69, 9.17) is 4.42 Å². The number of fused-ring (bicyclic) bond motifs is 3. The first-order chi connectivity index (χ1) is 10.7. The van der Waals surface area contributed by atoms with Crippen LogP contribution in [0.15, 0.2) is 32.7 Å². The number of aromatic nitrogens is 3. The molecule has 0 saturated heterocycles. The summed E-state index contributed by atoms with van der Waals surface area (Å²) in [6, 6.07) is 1.82. The Morgan fingerprint density at radius 1 is 1.27 bits per heavy atom. The second-order valence-corrected chi connectivity index (χ2v) is 6.15. The minimum absolute atomic E-state index is 0.165. The monoisotopic (exact) mass is 360 g/mol. The van der Waals surface area contributed by atoms with Crippen molar-refractivity contribution in [2.24, 2.45) is 5.10 Å². The van der Waals surface area contributed by atoms with Crippen LogP contribution in [0.5, 0.6) is 5.75 Å². The van der Waals surface area contributed by atoms with E-state index in [1.54, 1.807) is 6.21 Å². The lowest BCUT2D eigenvalue weighted by Crippen LogP contribution is -2.00. The van der Waals surface area contributed by atoms with Gasteiger partial charge in [-0.3, -0.25) is 0 Å². The van der Waals surface area contributed by atoms with Crippen molar-refractivity contribution >= 4 is 33.1 Å². The Bertz CT molecular complexity index is 868. The zero-order chi connectivity index (χ0) is 15.1. The predicted molar refractivity (Wildman–Crippen MR) is 85.2 cm³/mol. The number of furan rings is 1. The molecule has 112 valence electrons. The van der Waals surface area contributed by atoms with Gasteiger partial charge in [0.25, 0.3) is 0 Å². The van der Waals surface area contributed by atoms with E-state index >= 15 is 0 Å². The third-order valence-electron chi connectivity index (χ3n) is 3.93. The molecular weight excluding hydrogens is 348 g/mol. The highest BCUT2D eigenvalue weighted by Gasteiger charge is 2.22. The number of phenols is 1. The standard InChI is InChI=1S/C15H13BrN4O2/c16-11-5-13-14(9-3-1-2-4-12(9)22-13)10(15(11)21)6-19-20-7-17-18-8-20/h5-8,21H,1-4H2. The maximum absolute atomic E-state index is 10.4. The second-order valence-electron chi connectivity index (χ2n) is 5.29. The third-order valence-corrected chi connectivity index (χ3v) is 4.54. The highest BCUT2D eigenvalue weighted by atomic mass is 79.9. The van der Waals surface area contributed by atoms with E-state index in [-0.39, 0.29) is 5.75 Å². The first-order valence-corrected chi connectivity index (χ1v) is 7.88. The van der Waals surface area contributed by atoms with Crippen LogP contribution in [0.2, 0.25) is 0 Å². The Hall–Kier alpha value is -2.15. The van der Waals surface area contributed by atoms with Crippen LogP contribution in [0, 0.1) is 0 Å². The van der Waals surface area contributed by atoms with Crippen molar-refractivity contribution in [3.8, 4) is 5.75 Å². The van der Waals surface area contributed by atoms with E-state index in [0.717, 1.165) is 42.4 Å². The molecule has 3 aromatic rings. The van der Waals surface area contributed by atoms with Gasteiger partial charge >= 0.3 is 0 Å². The number of hydrogen-bond acceptors (Lipinski definition) is 5. The summed E-state index contributed by atoms with van der Waals surface area (Å²) in [6.07, 6.45) is 8.81. The lowest BCUT2D eigenvalue weighted by Gasteiger charge is -2.10. The number of aryl methyl sites for hydroxylation is 2. The van der Waals surface area contributed by atoms with Gasteiger partial charge in [-0.2, -0.15) is 5.10 Å². The highest BCUT2D eigenvalue weighted by Crippen LogP contribution is 2.40. The number of aromatic hydroxyl groups is 1. The van der Waals surface area contributed by atoms with E-state index in [1.165, 1.54) is 22.9 Å². The average molecular weight is 361 g/mol. The molecule has 2 heterocycles. The van der Waals surface area contributed by atoms with Crippen molar-refractivity contribution in [2.75, 3.05) is 0 Å².